The molecule has 2 aromatic carbocycles. The Bertz CT molecular complexity index is 1130. The third-order valence-corrected chi connectivity index (χ3v) is 5.93. The summed E-state index contributed by atoms with van der Waals surface area (Å²) in [6.45, 7) is 2.11. The molecule has 5 rings (SSSR count). The number of fused-ring (bicyclic) bond motifs is 2. The fourth-order valence-electron chi connectivity index (χ4n) is 2.93. The van der Waals surface area contributed by atoms with Gasteiger partial charge in [0, 0.05) is 16.6 Å². The summed E-state index contributed by atoms with van der Waals surface area (Å²) in [6, 6.07) is 18.6. The lowest BCUT2D eigenvalue weighted by Gasteiger charge is -2.01. The molecule has 0 atom stereocenters. The van der Waals surface area contributed by atoms with Crippen LogP contribution in [-0.2, 0) is 0 Å². The van der Waals surface area contributed by atoms with Gasteiger partial charge in [-0.15, -0.1) is 22.7 Å². The molecule has 3 aromatic heterocycles. The predicted molar refractivity (Wildman–Crippen MR) is 102 cm³/mol. The summed E-state index contributed by atoms with van der Waals surface area (Å²) < 4.78 is 3.38. The van der Waals surface area contributed by atoms with Gasteiger partial charge in [0.05, 0.1) is 10.2 Å². The molecule has 5 aromatic rings. The fourth-order valence-corrected chi connectivity index (χ4v) is 4.77. The minimum Gasteiger partial charge on any atom is -0.287 e. The zero-order valence-corrected chi connectivity index (χ0v) is 14.6. The molecule has 0 aliphatic heterocycles. The third-order valence-electron chi connectivity index (χ3n) is 3.99. The van der Waals surface area contributed by atoms with Gasteiger partial charge in [-0.2, -0.15) is 0 Å². The monoisotopic (exact) mass is 347 g/mol. The molecule has 0 saturated heterocycles. The summed E-state index contributed by atoms with van der Waals surface area (Å²) in [5.41, 5.74) is 4.25. The quantitative estimate of drug-likeness (QED) is 0.413. The van der Waals surface area contributed by atoms with Crippen LogP contribution in [0.5, 0.6) is 0 Å². The summed E-state index contributed by atoms with van der Waals surface area (Å²) in [7, 11) is 0. The Hall–Kier alpha value is -2.50. The first-order valence-corrected chi connectivity index (χ1v) is 9.33. The molecule has 0 unspecified atom stereocenters. The van der Waals surface area contributed by atoms with Crippen LogP contribution in [0.15, 0.2) is 60.8 Å². The van der Waals surface area contributed by atoms with E-state index in [1.54, 1.807) is 22.7 Å². The predicted octanol–water partition coefficient (Wildman–Crippen LogP) is 5.65. The van der Waals surface area contributed by atoms with Crippen molar-refractivity contribution in [3.05, 3.63) is 65.7 Å². The second-order valence-electron chi connectivity index (χ2n) is 5.66. The highest BCUT2D eigenvalue weighted by atomic mass is 32.1. The van der Waals surface area contributed by atoms with Crippen LogP contribution in [0, 0.1) is 6.92 Å². The second-order valence-corrected chi connectivity index (χ2v) is 7.90. The van der Waals surface area contributed by atoms with Gasteiger partial charge in [0.2, 0.25) is 0 Å². The molecule has 116 valence electrons. The first-order chi connectivity index (χ1) is 11.8. The van der Waals surface area contributed by atoms with E-state index in [-0.39, 0.29) is 0 Å². The zero-order valence-electron chi connectivity index (χ0n) is 12.9. The number of hydrogen-bond donors (Lipinski definition) is 0. The van der Waals surface area contributed by atoms with Crippen molar-refractivity contribution in [3.63, 3.8) is 0 Å². The minimum absolute atomic E-state index is 1.00. The average Bonchev–Trinajstić information content (AvgIpc) is 3.26. The number of aromatic nitrogens is 3. The number of aryl methyl sites for hydroxylation is 1. The van der Waals surface area contributed by atoms with Crippen LogP contribution in [0.25, 0.3) is 37.1 Å². The topological polar surface area (TPSA) is 30.2 Å². The average molecular weight is 347 g/mol. The molecular formula is C19H13N3S2. The Balaban J connectivity index is 1.84. The first kappa shape index (κ1) is 13.9. The standard InChI is InChI=1S/C19H13N3S2/c1-12-11-22-17(18-20-14-9-5-6-10-15(14)24-18)16(21-19(22)23-12)13-7-3-2-4-8-13/h2-11H,1H3. The molecule has 0 N–H and O–H groups in total. The van der Waals surface area contributed by atoms with E-state index in [0.29, 0.717) is 0 Å². The molecule has 0 aliphatic rings. The maximum atomic E-state index is 4.90. The number of nitrogens with zero attached hydrogens (tertiary/aromatic N) is 3. The lowest BCUT2D eigenvalue weighted by atomic mass is 10.1. The number of rotatable bonds is 2. The van der Waals surface area contributed by atoms with Gasteiger partial charge in [-0.3, -0.25) is 4.40 Å². The lowest BCUT2D eigenvalue weighted by molar-refractivity contribution is 1.21. The lowest BCUT2D eigenvalue weighted by Crippen LogP contribution is -1.87. The van der Waals surface area contributed by atoms with Crippen LogP contribution in [0.1, 0.15) is 4.88 Å². The molecule has 5 heteroatoms. The Morgan fingerprint density at radius 2 is 1.67 bits per heavy atom. The van der Waals surface area contributed by atoms with Crippen LogP contribution in [0.2, 0.25) is 0 Å². The number of benzene rings is 2. The summed E-state index contributed by atoms with van der Waals surface area (Å²) in [6.07, 6.45) is 2.15. The molecule has 0 aliphatic carbocycles. The SMILES string of the molecule is Cc1cn2c(-c3nc4ccccc4s3)c(-c3ccccc3)nc2s1. The highest BCUT2D eigenvalue weighted by molar-refractivity contribution is 7.21. The van der Waals surface area contributed by atoms with E-state index in [0.717, 1.165) is 32.4 Å². The molecule has 3 heterocycles. The van der Waals surface area contributed by atoms with Crippen LogP contribution >= 0.6 is 22.7 Å². The van der Waals surface area contributed by atoms with Crippen LogP contribution in [0.4, 0.5) is 0 Å². The summed E-state index contributed by atoms with van der Waals surface area (Å²) >= 11 is 3.43. The van der Waals surface area contributed by atoms with E-state index in [9.17, 15) is 0 Å². The van der Waals surface area contributed by atoms with E-state index in [1.807, 2.05) is 12.1 Å². The van der Waals surface area contributed by atoms with E-state index in [4.69, 9.17) is 9.97 Å². The Morgan fingerprint density at radius 1 is 0.875 bits per heavy atom. The molecular weight excluding hydrogens is 334 g/mol. The van der Waals surface area contributed by atoms with Crippen molar-refractivity contribution >= 4 is 37.9 Å². The van der Waals surface area contributed by atoms with Crippen molar-refractivity contribution in [1.29, 1.82) is 0 Å². The maximum Gasteiger partial charge on any atom is 0.195 e. The maximum absolute atomic E-state index is 4.90. The fraction of sp³-hybridized carbons (Fsp3) is 0.0526. The molecule has 0 amide bonds. The molecule has 0 saturated carbocycles. The van der Waals surface area contributed by atoms with E-state index in [2.05, 4.69) is 60.0 Å². The number of hydrogen-bond acceptors (Lipinski definition) is 4. The van der Waals surface area contributed by atoms with Gasteiger partial charge in [-0.05, 0) is 19.1 Å². The Morgan fingerprint density at radius 3 is 2.50 bits per heavy atom. The second kappa shape index (κ2) is 5.26. The number of thiazole rings is 2. The van der Waals surface area contributed by atoms with Crippen molar-refractivity contribution < 1.29 is 0 Å². The number of imidazole rings is 1. The van der Waals surface area contributed by atoms with Gasteiger partial charge < -0.3 is 0 Å². The molecule has 0 spiro atoms. The molecule has 0 fully saturated rings. The highest BCUT2D eigenvalue weighted by Crippen LogP contribution is 2.38. The van der Waals surface area contributed by atoms with Gasteiger partial charge in [0.25, 0.3) is 0 Å². The smallest absolute Gasteiger partial charge is 0.195 e. The largest absolute Gasteiger partial charge is 0.287 e. The Labute approximate surface area is 146 Å². The van der Waals surface area contributed by atoms with Gasteiger partial charge in [-0.1, -0.05) is 42.5 Å². The van der Waals surface area contributed by atoms with Crippen LogP contribution in [-0.4, -0.2) is 14.4 Å². The summed E-state index contributed by atoms with van der Waals surface area (Å²) in [4.78, 5) is 12.0. The van der Waals surface area contributed by atoms with Crippen molar-refractivity contribution in [2.24, 2.45) is 0 Å². The first-order valence-electron chi connectivity index (χ1n) is 7.69. The Kier molecular flexibility index (Phi) is 3.04. The van der Waals surface area contributed by atoms with Gasteiger partial charge in [0.15, 0.2) is 4.96 Å². The van der Waals surface area contributed by atoms with Gasteiger partial charge >= 0.3 is 0 Å². The highest BCUT2D eigenvalue weighted by Gasteiger charge is 2.20. The van der Waals surface area contributed by atoms with E-state index < -0.39 is 0 Å². The van der Waals surface area contributed by atoms with Crippen molar-refractivity contribution in [2.45, 2.75) is 6.92 Å². The molecule has 24 heavy (non-hydrogen) atoms. The molecule has 3 nitrogen and oxygen atoms in total. The van der Waals surface area contributed by atoms with Crippen molar-refractivity contribution in [3.8, 4) is 22.0 Å². The van der Waals surface area contributed by atoms with Gasteiger partial charge in [0.1, 0.15) is 16.4 Å². The molecule has 0 bridgehead atoms. The van der Waals surface area contributed by atoms with E-state index >= 15 is 0 Å². The summed E-state index contributed by atoms with van der Waals surface area (Å²) in [5, 5.41) is 1.01. The van der Waals surface area contributed by atoms with Crippen LogP contribution in [0.3, 0.4) is 0 Å². The van der Waals surface area contributed by atoms with Crippen molar-refractivity contribution in [1.82, 2.24) is 14.4 Å². The van der Waals surface area contributed by atoms with Gasteiger partial charge in [-0.25, -0.2) is 9.97 Å². The minimum atomic E-state index is 1.00. The van der Waals surface area contributed by atoms with Crippen LogP contribution < -0.4 is 0 Å². The third kappa shape index (κ3) is 2.09. The zero-order chi connectivity index (χ0) is 16.1. The summed E-state index contributed by atoms with van der Waals surface area (Å²) in [5.74, 6) is 0. The van der Waals surface area contributed by atoms with Crippen molar-refractivity contribution in [2.75, 3.05) is 0 Å². The molecule has 0 radical (unpaired) electrons. The normalized spacial score (nSPS) is 11.5. The number of para-hydroxylation sites is 1. The van der Waals surface area contributed by atoms with E-state index in [1.165, 1.54) is 9.58 Å².